The van der Waals surface area contributed by atoms with Crippen LogP contribution >= 0.6 is 11.6 Å². The summed E-state index contributed by atoms with van der Waals surface area (Å²) in [4.78, 5) is 6.48. The zero-order chi connectivity index (χ0) is 24.8. The zero-order valence-electron chi connectivity index (χ0n) is 19.9. The van der Waals surface area contributed by atoms with Crippen molar-refractivity contribution in [1.82, 2.24) is 30.3 Å². The highest BCUT2D eigenvalue weighted by molar-refractivity contribution is 6.29. The first-order chi connectivity index (χ1) is 18.2. The van der Waals surface area contributed by atoms with E-state index in [-0.39, 0.29) is 5.92 Å². The van der Waals surface area contributed by atoms with Crippen LogP contribution in [0, 0.1) is 0 Å². The Kier molecular flexibility index (Phi) is 5.48. The van der Waals surface area contributed by atoms with Crippen LogP contribution in [-0.4, -0.2) is 43.4 Å². The predicted molar refractivity (Wildman–Crippen MR) is 141 cm³/mol. The number of piperidine rings is 1. The van der Waals surface area contributed by atoms with Gasteiger partial charge in [-0.25, -0.2) is 4.98 Å². The lowest BCUT2D eigenvalue weighted by Crippen LogP contribution is -2.33. The van der Waals surface area contributed by atoms with E-state index in [1.54, 1.807) is 12.3 Å². The minimum absolute atomic E-state index is 0.184. The Morgan fingerprint density at radius 3 is 2.92 bits per heavy atom. The van der Waals surface area contributed by atoms with Crippen LogP contribution in [0.15, 0.2) is 75.9 Å². The molecule has 2 aromatic carbocycles. The maximum absolute atomic E-state index is 6.22. The topological polar surface area (TPSA) is 96.9 Å². The van der Waals surface area contributed by atoms with Crippen LogP contribution < -0.4 is 0 Å². The molecule has 1 aliphatic heterocycles. The molecule has 37 heavy (non-hydrogen) atoms. The number of H-pyrrole nitrogens is 1. The summed E-state index contributed by atoms with van der Waals surface area (Å²) in [6, 6.07) is 17.9. The number of pyridine rings is 1. The summed E-state index contributed by atoms with van der Waals surface area (Å²) in [6.07, 6.45) is 5.60. The van der Waals surface area contributed by atoms with Gasteiger partial charge in [-0.1, -0.05) is 35.9 Å². The summed E-state index contributed by atoms with van der Waals surface area (Å²) < 4.78 is 12.1. The van der Waals surface area contributed by atoms with Gasteiger partial charge in [0, 0.05) is 40.0 Å². The van der Waals surface area contributed by atoms with Gasteiger partial charge in [0.25, 0.3) is 0 Å². The number of halogens is 1. The number of aromatic nitrogens is 5. The highest BCUT2D eigenvalue weighted by Crippen LogP contribution is 2.33. The van der Waals surface area contributed by atoms with Gasteiger partial charge in [-0.05, 0) is 49.7 Å². The van der Waals surface area contributed by atoms with E-state index in [4.69, 9.17) is 20.4 Å². The number of fused-ring (bicyclic) bond motifs is 2. The van der Waals surface area contributed by atoms with E-state index >= 15 is 0 Å². The summed E-state index contributed by atoms with van der Waals surface area (Å²) in [6.45, 7) is 2.64. The molecule has 7 rings (SSSR count). The molecule has 0 bridgehead atoms. The Bertz CT molecular complexity index is 1720. The fourth-order valence-corrected chi connectivity index (χ4v) is 5.39. The van der Waals surface area contributed by atoms with Crippen LogP contribution in [0.5, 0.6) is 0 Å². The molecule has 4 aromatic heterocycles. The molecule has 1 fully saturated rings. The van der Waals surface area contributed by atoms with E-state index < -0.39 is 0 Å². The number of hydrogen-bond acceptors (Lipinski definition) is 7. The van der Waals surface area contributed by atoms with Gasteiger partial charge in [0.2, 0.25) is 11.8 Å². The van der Waals surface area contributed by atoms with Crippen LogP contribution in [0.25, 0.3) is 44.4 Å². The second-order valence-corrected chi connectivity index (χ2v) is 9.85. The van der Waals surface area contributed by atoms with Gasteiger partial charge >= 0.3 is 0 Å². The first-order valence-corrected chi connectivity index (χ1v) is 12.7. The average Bonchev–Trinajstić information content (AvgIpc) is 3.67. The Hall–Kier alpha value is -4.01. The number of benzene rings is 2. The molecule has 1 N–H and O–H groups in total. The standard InChI is InChI=1S/C28H23ClN6O2/c29-25-13-17(9-10-30-25)26-22-12-18(7-8-23(22)31-32-26)27-33-34-28(37-27)19-5-3-11-35(14-19)15-24-21-6-2-1-4-20(21)16-36-24/h1-2,4,6-10,12-13,16,19H,3,5,11,14-15H2,(H,31,32)/t19-/m1/s1. The SMILES string of the molecule is Clc1cc(-c2n[nH]c3ccc(-c4nnc([C@@H]5CCCN(Cc6occ7ccccc67)C5)o4)cc23)ccn1. The Balaban J connectivity index is 1.13. The van der Waals surface area contributed by atoms with Crippen LogP contribution in [-0.2, 0) is 6.54 Å². The van der Waals surface area contributed by atoms with Crippen molar-refractivity contribution in [1.29, 1.82) is 0 Å². The largest absolute Gasteiger partial charge is 0.467 e. The van der Waals surface area contributed by atoms with Crippen molar-refractivity contribution in [2.24, 2.45) is 0 Å². The smallest absolute Gasteiger partial charge is 0.247 e. The summed E-state index contributed by atoms with van der Waals surface area (Å²) in [5.74, 6) is 2.37. The van der Waals surface area contributed by atoms with E-state index in [0.29, 0.717) is 16.9 Å². The molecule has 0 aliphatic carbocycles. The molecule has 0 amide bonds. The second kappa shape index (κ2) is 9.14. The quantitative estimate of drug-likeness (QED) is 0.266. The Morgan fingerprint density at radius 1 is 1.03 bits per heavy atom. The average molecular weight is 511 g/mol. The third-order valence-electron chi connectivity index (χ3n) is 7.06. The fourth-order valence-electron chi connectivity index (χ4n) is 5.21. The number of hydrogen-bond donors (Lipinski definition) is 1. The third kappa shape index (κ3) is 4.18. The molecule has 0 spiro atoms. The predicted octanol–water partition coefficient (Wildman–Crippen LogP) is 6.45. The van der Waals surface area contributed by atoms with Gasteiger partial charge in [-0.15, -0.1) is 10.2 Å². The third-order valence-corrected chi connectivity index (χ3v) is 7.27. The van der Waals surface area contributed by atoms with Crippen molar-refractivity contribution >= 4 is 33.3 Å². The number of aromatic amines is 1. The van der Waals surface area contributed by atoms with Gasteiger partial charge < -0.3 is 8.83 Å². The van der Waals surface area contributed by atoms with Crippen molar-refractivity contribution in [2.75, 3.05) is 13.1 Å². The zero-order valence-corrected chi connectivity index (χ0v) is 20.7. The van der Waals surface area contributed by atoms with Crippen molar-refractivity contribution in [2.45, 2.75) is 25.3 Å². The van der Waals surface area contributed by atoms with Crippen LogP contribution in [0.1, 0.15) is 30.4 Å². The lowest BCUT2D eigenvalue weighted by Gasteiger charge is -2.30. The number of rotatable bonds is 5. The molecule has 0 radical (unpaired) electrons. The van der Waals surface area contributed by atoms with Crippen LogP contribution in [0.2, 0.25) is 5.15 Å². The van der Waals surface area contributed by atoms with Crippen molar-refractivity contribution in [3.8, 4) is 22.7 Å². The Labute approximate surface area is 217 Å². The van der Waals surface area contributed by atoms with Crippen LogP contribution in [0.4, 0.5) is 0 Å². The van der Waals surface area contributed by atoms with Crippen molar-refractivity contribution in [3.63, 3.8) is 0 Å². The number of nitrogens with zero attached hydrogens (tertiary/aromatic N) is 5. The molecule has 9 heteroatoms. The maximum Gasteiger partial charge on any atom is 0.247 e. The maximum atomic E-state index is 6.22. The monoisotopic (exact) mass is 510 g/mol. The number of nitrogens with one attached hydrogen (secondary N) is 1. The highest BCUT2D eigenvalue weighted by atomic mass is 35.5. The molecular weight excluding hydrogens is 488 g/mol. The number of furan rings is 1. The van der Waals surface area contributed by atoms with E-state index in [9.17, 15) is 0 Å². The normalized spacial score (nSPS) is 16.6. The van der Waals surface area contributed by atoms with Gasteiger partial charge in [0.15, 0.2) is 0 Å². The molecule has 0 unspecified atom stereocenters. The van der Waals surface area contributed by atoms with E-state index in [1.165, 1.54) is 5.39 Å². The Morgan fingerprint density at radius 2 is 1.97 bits per heavy atom. The molecule has 0 saturated carbocycles. The number of likely N-dealkylation sites (tertiary alicyclic amines) is 1. The molecular formula is C28H23ClN6O2. The highest BCUT2D eigenvalue weighted by Gasteiger charge is 2.27. The first kappa shape index (κ1) is 22.2. The lowest BCUT2D eigenvalue weighted by atomic mass is 9.98. The molecule has 1 saturated heterocycles. The molecule has 8 nitrogen and oxygen atoms in total. The summed E-state index contributed by atoms with van der Waals surface area (Å²) >= 11 is 6.10. The van der Waals surface area contributed by atoms with Gasteiger partial charge in [0.1, 0.15) is 16.6 Å². The first-order valence-electron chi connectivity index (χ1n) is 12.3. The minimum Gasteiger partial charge on any atom is -0.467 e. The molecule has 5 heterocycles. The van der Waals surface area contributed by atoms with Gasteiger partial charge in [-0.2, -0.15) is 5.10 Å². The minimum atomic E-state index is 0.184. The van der Waals surface area contributed by atoms with E-state index in [0.717, 1.165) is 71.3 Å². The van der Waals surface area contributed by atoms with Gasteiger partial charge in [0.05, 0.1) is 24.2 Å². The molecule has 184 valence electrons. The van der Waals surface area contributed by atoms with E-state index in [1.807, 2.05) is 36.6 Å². The van der Waals surface area contributed by atoms with Gasteiger partial charge in [-0.3, -0.25) is 10.00 Å². The van der Waals surface area contributed by atoms with Crippen molar-refractivity contribution in [3.05, 3.63) is 83.9 Å². The molecule has 1 aliphatic rings. The van der Waals surface area contributed by atoms with Crippen molar-refractivity contribution < 1.29 is 8.83 Å². The fraction of sp³-hybridized carbons (Fsp3) is 0.214. The lowest BCUT2D eigenvalue weighted by molar-refractivity contribution is 0.175. The summed E-state index contributed by atoms with van der Waals surface area (Å²) in [5, 5.41) is 20.1. The molecule has 1 atom stereocenters. The second-order valence-electron chi connectivity index (χ2n) is 9.47. The van der Waals surface area contributed by atoms with Crippen LogP contribution in [0.3, 0.4) is 0 Å². The summed E-state index contributed by atoms with van der Waals surface area (Å²) in [5.41, 5.74) is 3.46. The summed E-state index contributed by atoms with van der Waals surface area (Å²) in [7, 11) is 0. The van der Waals surface area contributed by atoms with E-state index in [2.05, 4.69) is 48.5 Å². The molecule has 6 aromatic rings.